The average molecular weight is 211 g/mol. The predicted octanol–water partition coefficient (Wildman–Crippen LogP) is -0.0753. The van der Waals surface area contributed by atoms with Crippen LogP contribution in [0.1, 0.15) is 20.3 Å². The van der Waals surface area contributed by atoms with Crippen molar-refractivity contribution in [1.29, 1.82) is 0 Å². The number of amides is 3. The number of hydrogen-bond donors (Lipinski definition) is 2. The van der Waals surface area contributed by atoms with Crippen LogP contribution in [0, 0.1) is 5.92 Å². The van der Waals surface area contributed by atoms with Gasteiger partial charge in [0.25, 0.3) is 5.91 Å². The van der Waals surface area contributed by atoms with Crippen LogP contribution in [0.25, 0.3) is 0 Å². The minimum Gasteiger partial charge on any atom is -0.323 e. The number of rotatable bonds is 0. The molecule has 84 valence electrons. The average Bonchev–Trinajstić information content (AvgIpc) is 2.40. The summed E-state index contributed by atoms with van der Waals surface area (Å²) in [6.07, 6.45) is 0.683. The molecule has 2 heterocycles. The SMILES string of the molecule is C[C@@H]1C[C@@]2(NC(=O)NC2=O)[C@H](C)CN1C. The number of piperidine rings is 1. The first kappa shape index (κ1) is 10.4. The van der Waals surface area contributed by atoms with E-state index in [2.05, 4.69) is 22.5 Å². The molecule has 3 amide bonds. The van der Waals surface area contributed by atoms with Crippen LogP contribution in [0.4, 0.5) is 4.79 Å². The molecular formula is C10H17N3O2. The van der Waals surface area contributed by atoms with E-state index in [0.717, 1.165) is 6.54 Å². The van der Waals surface area contributed by atoms with E-state index >= 15 is 0 Å². The number of carbonyl (C=O) groups excluding carboxylic acids is 2. The number of nitrogens with one attached hydrogen (secondary N) is 2. The Hall–Kier alpha value is -1.10. The second-order valence-electron chi connectivity index (χ2n) is 4.77. The van der Waals surface area contributed by atoms with E-state index in [4.69, 9.17) is 0 Å². The zero-order valence-corrected chi connectivity index (χ0v) is 9.33. The molecule has 2 fully saturated rings. The van der Waals surface area contributed by atoms with E-state index in [0.29, 0.717) is 12.5 Å². The van der Waals surface area contributed by atoms with Crippen LogP contribution in [-0.4, -0.2) is 42.0 Å². The third-order valence-electron chi connectivity index (χ3n) is 3.74. The summed E-state index contributed by atoms with van der Waals surface area (Å²) < 4.78 is 0. The Bertz CT molecular complexity index is 318. The summed E-state index contributed by atoms with van der Waals surface area (Å²) >= 11 is 0. The third-order valence-corrected chi connectivity index (χ3v) is 3.74. The van der Waals surface area contributed by atoms with Gasteiger partial charge in [-0.05, 0) is 20.4 Å². The molecular weight excluding hydrogens is 194 g/mol. The summed E-state index contributed by atoms with van der Waals surface area (Å²) in [4.78, 5) is 25.2. The van der Waals surface area contributed by atoms with Crippen molar-refractivity contribution in [3.05, 3.63) is 0 Å². The molecule has 1 spiro atoms. The van der Waals surface area contributed by atoms with Gasteiger partial charge in [-0.25, -0.2) is 4.79 Å². The van der Waals surface area contributed by atoms with E-state index in [1.54, 1.807) is 0 Å². The highest BCUT2D eigenvalue weighted by Crippen LogP contribution is 2.33. The van der Waals surface area contributed by atoms with Crippen LogP contribution in [0.15, 0.2) is 0 Å². The van der Waals surface area contributed by atoms with Crippen molar-refractivity contribution in [1.82, 2.24) is 15.5 Å². The second-order valence-corrected chi connectivity index (χ2v) is 4.77. The highest BCUT2D eigenvalue weighted by atomic mass is 16.2. The number of carbonyl (C=O) groups is 2. The maximum absolute atomic E-state index is 11.8. The van der Waals surface area contributed by atoms with Crippen LogP contribution >= 0.6 is 0 Å². The molecule has 5 nitrogen and oxygen atoms in total. The molecule has 0 aliphatic carbocycles. The van der Waals surface area contributed by atoms with E-state index in [1.165, 1.54) is 0 Å². The summed E-state index contributed by atoms with van der Waals surface area (Å²) in [5, 5.41) is 5.13. The van der Waals surface area contributed by atoms with Crippen molar-refractivity contribution in [2.45, 2.75) is 31.8 Å². The van der Waals surface area contributed by atoms with Crippen LogP contribution < -0.4 is 10.6 Å². The lowest BCUT2D eigenvalue weighted by Crippen LogP contribution is -2.62. The summed E-state index contributed by atoms with van der Waals surface area (Å²) in [6, 6.07) is -0.0473. The first-order valence-corrected chi connectivity index (χ1v) is 5.29. The quantitative estimate of drug-likeness (QED) is 0.551. The zero-order valence-electron chi connectivity index (χ0n) is 9.33. The number of hydrogen-bond acceptors (Lipinski definition) is 3. The first-order chi connectivity index (χ1) is 6.95. The van der Waals surface area contributed by atoms with Crippen molar-refractivity contribution >= 4 is 11.9 Å². The standard InChI is InChI=1S/C10H17N3O2/c1-6-5-13(3)7(2)4-10(6)8(14)11-9(15)12-10/h6-7H,4-5H2,1-3H3,(H2,11,12,14,15)/t6-,7-,10-/m1/s1. The van der Waals surface area contributed by atoms with E-state index in [1.807, 2.05) is 14.0 Å². The van der Waals surface area contributed by atoms with Crippen LogP contribution in [0.3, 0.4) is 0 Å². The fourth-order valence-electron chi connectivity index (χ4n) is 2.59. The summed E-state index contributed by atoms with van der Waals surface area (Å²) in [5.74, 6) is -0.0231. The van der Waals surface area contributed by atoms with Crippen molar-refractivity contribution in [3.63, 3.8) is 0 Å². The molecule has 2 aliphatic rings. The van der Waals surface area contributed by atoms with Crippen LogP contribution in [-0.2, 0) is 4.79 Å². The smallest absolute Gasteiger partial charge is 0.322 e. The molecule has 0 saturated carbocycles. The van der Waals surface area contributed by atoms with E-state index in [9.17, 15) is 9.59 Å². The molecule has 2 aliphatic heterocycles. The van der Waals surface area contributed by atoms with Gasteiger partial charge in [-0.1, -0.05) is 6.92 Å². The van der Waals surface area contributed by atoms with Crippen LogP contribution in [0.2, 0.25) is 0 Å². The summed E-state index contributed by atoms with van der Waals surface area (Å²) in [7, 11) is 2.04. The predicted molar refractivity (Wildman–Crippen MR) is 55.3 cm³/mol. The molecule has 15 heavy (non-hydrogen) atoms. The van der Waals surface area contributed by atoms with E-state index in [-0.39, 0.29) is 17.9 Å². The van der Waals surface area contributed by atoms with Gasteiger partial charge in [0.2, 0.25) is 0 Å². The monoisotopic (exact) mass is 211 g/mol. The lowest BCUT2D eigenvalue weighted by atomic mass is 9.76. The normalized spacial score (nSPS) is 41.8. The molecule has 0 aromatic heterocycles. The van der Waals surface area contributed by atoms with Crippen LogP contribution in [0.5, 0.6) is 0 Å². The van der Waals surface area contributed by atoms with Gasteiger partial charge < -0.3 is 10.2 Å². The van der Waals surface area contributed by atoms with Gasteiger partial charge in [-0.15, -0.1) is 0 Å². The van der Waals surface area contributed by atoms with Gasteiger partial charge in [0, 0.05) is 18.5 Å². The lowest BCUT2D eigenvalue weighted by Gasteiger charge is -2.44. The number of imide groups is 1. The van der Waals surface area contributed by atoms with Gasteiger partial charge in [-0.3, -0.25) is 10.1 Å². The molecule has 0 bridgehead atoms. The fraction of sp³-hybridized carbons (Fsp3) is 0.800. The first-order valence-electron chi connectivity index (χ1n) is 5.29. The number of nitrogens with zero attached hydrogens (tertiary/aromatic N) is 1. The molecule has 3 atom stereocenters. The molecule has 5 heteroatoms. The van der Waals surface area contributed by atoms with Crippen molar-refractivity contribution in [3.8, 4) is 0 Å². The molecule has 2 rings (SSSR count). The Balaban J connectivity index is 2.27. The molecule has 2 N–H and O–H groups in total. The van der Waals surface area contributed by atoms with Gasteiger partial charge in [-0.2, -0.15) is 0 Å². The minimum atomic E-state index is -0.678. The van der Waals surface area contributed by atoms with E-state index < -0.39 is 5.54 Å². The molecule has 2 saturated heterocycles. The highest BCUT2D eigenvalue weighted by molar-refractivity contribution is 6.07. The summed E-state index contributed by atoms with van der Waals surface area (Å²) in [6.45, 7) is 4.91. The Kier molecular flexibility index (Phi) is 2.22. The van der Waals surface area contributed by atoms with Gasteiger partial charge >= 0.3 is 6.03 Å². The highest BCUT2D eigenvalue weighted by Gasteiger charge is 2.53. The Morgan fingerprint density at radius 1 is 1.40 bits per heavy atom. The largest absolute Gasteiger partial charge is 0.323 e. The summed E-state index contributed by atoms with van der Waals surface area (Å²) in [5.41, 5.74) is -0.678. The molecule has 0 aromatic rings. The van der Waals surface area contributed by atoms with Gasteiger partial charge in [0.15, 0.2) is 0 Å². The zero-order chi connectivity index (χ0) is 11.2. The number of urea groups is 1. The lowest BCUT2D eigenvalue weighted by molar-refractivity contribution is -0.128. The second kappa shape index (κ2) is 3.20. The van der Waals surface area contributed by atoms with Crippen molar-refractivity contribution in [2.75, 3.05) is 13.6 Å². The maximum Gasteiger partial charge on any atom is 0.322 e. The van der Waals surface area contributed by atoms with Crippen molar-refractivity contribution < 1.29 is 9.59 Å². The maximum atomic E-state index is 11.8. The Morgan fingerprint density at radius 3 is 2.60 bits per heavy atom. The fourth-order valence-corrected chi connectivity index (χ4v) is 2.59. The third kappa shape index (κ3) is 1.42. The number of likely N-dealkylation sites (tertiary alicyclic amines) is 1. The van der Waals surface area contributed by atoms with Crippen molar-refractivity contribution in [2.24, 2.45) is 5.92 Å². The Labute approximate surface area is 89.2 Å². The Morgan fingerprint density at radius 2 is 2.07 bits per heavy atom. The minimum absolute atomic E-state index is 0.144. The van der Waals surface area contributed by atoms with Gasteiger partial charge in [0.1, 0.15) is 5.54 Å². The molecule has 0 aromatic carbocycles. The molecule has 0 radical (unpaired) electrons. The van der Waals surface area contributed by atoms with Gasteiger partial charge in [0.05, 0.1) is 0 Å². The molecule has 0 unspecified atom stereocenters. The topological polar surface area (TPSA) is 61.4 Å².